The van der Waals surface area contributed by atoms with E-state index in [0.717, 1.165) is 25.7 Å². The van der Waals surface area contributed by atoms with Crippen LogP contribution in [0.4, 0.5) is 4.79 Å². The molecule has 1 atom stereocenters. The molecule has 18 heavy (non-hydrogen) atoms. The Hall–Kier alpha value is -0.340. The average Bonchev–Trinajstić information content (AvgIpc) is 2.53. The average molecular weight is 343 g/mol. The maximum atomic E-state index is 12.1. The SMILES string of the molecule is CCOC(=O)NS(=O)(=O)N1CCCCCC1CBr. The van der Waals surface area contributed by atoms with Gasteiger partial charge >= 0.3 is 16.3 Å². The third-order valence-corrected chi connectivity index (χ3v) is 5.07. The lowest BCUT2D eigenvalue weighted by Crippen LogP contribution is -2.49. The zero-order valence-electron chi connectivity index (χ0n) is 10.4. The molecule has 0 saturated carbocycles. The van der Waals surface area contributed by atoms with Gasteiger partial charge in [0.15, 0.2) is 0 Å². The number of nitrogens with one attached hydrogen (secondary N) is 1. The van der Waals surface area contributed by atoms with Crippen molar-refractivity contribution in [3.63, 3.8) is 0 Å². The van der Waals surface area contributed by atoms with Crippen molar-refractivity contribution in [3.8, 4) is 0 Å². The number of carbonyl (C=O) groups is 1. The zero-order chi connectivity index (χ0) is 13.6. The number of rotatable bonds is 4. The predicted octanol–water partition coefficient (Wildman–Crippen LogP) is 1.62. The minimum Gasteiger partial charge on any atom is -0.449 e. The molecule has 0 spiro atoms. The van der Waals surface area contributed by atoms with Crippen LogP contribution in [0.5, 0.6) is 0 Å². The Labute approximate surface area is 116 Å². The van der Waals surface area contributed by atoms with Crippen LogP contribution < -0.4 is 4.72 Å². The fourth-order valence-corrected chi connectivity index (χ4v) is 4.14. The zero-order valence-corrected chi connectivity index (χ0v) is 12.8. The van der Waals surface area contributed by atoms with Crippen LogP contribution in [0.25, 0.3) is 0 Å². The van der Waals surface area contributed by atoms with Crippen molar-refractivity contribution in [1.82, 2.24) is 9.03 Å². The fraction of sp³-hybridized carbons (Fsp3) is 0.900. The van der Waals surface area contributed by atoms with Crippen molar-refractivity contribution >= 4 is 32.2 Å². The third-order valence-electron chi connectivity index (χ3n) is 2.80. The summed E-state index contributed by atoms with van der Waals surface area (Å²) in [5.74, 6) is 0. The summed E-state index contributed by atoms with van der Waals surface area (Å²) in [4.78, 5) is 11.2. The number of hydrogen-bond acceptors (Lipinski definition) is 4. The van der Waals surface area contributed by atoms with Gasteiger partial charge in [0.1, 0.15) is 0 Å². The maximum Gasteiger partial charge on any atom is 0.421 e. The third kappa shape index (κ3) is 4.40. The summed E-state index contributed by atoms with van der Waals surface area (Å²) in [5.41, 5.74) is 0. The fourth-order valence-electron chi connectivity index (χ4n) is 1.95. The molecule has 0 aromatic heterocycles. The molecule has 0 aliphatic carbocycles. The van der Waals surface area contributed by atoms with Gasteiger partial charge in [-0.05, 0) is 19.8 Å². The van der Waals surface area contributed by atoms with Gasteiger partial charge in [0.2, 0.25) is 0 Å². The second-order valence-electron chi connectivity index (χ2n) is 4.10. The lowest BCUT2D eigenvalue weighted by Gasteiger charge is -2.27. The molecule has 0 bridgehead atoms. The molecule has 6 nitrogen and oxygen atoms in total. The Kier molecular flexibility index (Phi) is 6.37. The number of nitrogens with zero attached hydrogens (tertiary/aromatic N) is 1. The van der Waals surface area contributed by atoms with Crippen LogP contribution in [0.2, 0.25) is 0 Å². The molecule has 1 saturated heterocycles. The van der Waals surface area contributed by atoms with Gasteiger partial charge in [-0.3, -0.25) is 0 Å². The lowest BCUT2D eigenvalue weighted by atomic mass is 10.1. The molecule has 1 aliphatic heterocycles. The molecule has 106 valence electrons. The summed E-state index contributed by atoms with van der Waals surface area (Å²) in [6, 6.07) is -0.112. The van der Waals surface area contributed by atoms with Crippen molar-refractivity contribution in [2.75, 3.05) is 18.5 Å². The standard InChI is InChI=1S/C10H19BrN2O4S/c1-2-17-10(14)12-18(15,16)13-7-5-3-4-6-9(13)8-11/h9H,2-8H2,1H3,(H,12,14). The Morgan fingerprint density at radius 3 is 2.78 bits per heavy atom. The van der Waals surface area contributed by atoms with Gasteiger partial charge in [0, 0.05) is 17.9 Å². The minimum atomic E-state index is -3.81. The monoisotopic (exact) mass is 342 g/mol. The molecular weight excluding hydrogens is 324 g/mol. The van der Waals surface area contributed by atoms with Crippen molar-refractivity contribution in [2.45, 2.75) is 38.6 Å². The number of hydrogen-bond donors (Lipinski definition) is 1. The van der Waals surface area contributed by atoms with E-state index >= 15 is 0 Å². The van der Waals surface area contributed by atoms with Gasteiger partial charge in [-0.1, -0.05) is 28.8 Å². The molecule has 1 rings (SSSR count). The summed E-state index contributed by atoms with van der Waals surface area (Å²) in [7, 11) is -3.81. The van der Waals surface area contributed by atoms with Gasteiger partial charge in [0.05, 0.1) is 6.61 Å². The summed E-state index contributed by atoms with van der Waals surface area (Å²) in [6.45, 7) is 2.20. The first kappa shape index (κ1) is 15.7. The number of amides is 1. The quantitative estimate of drug-likeness (QED) is 0.787. The topological polar surface area (TPSA) is 75.7 Å². The van der Waals surface area contributed by atoms with E-state index in [1.165, 1.54) is 4.31 Å². The van der Waals surface area contributed by atoms with E-state index in [9.17, 15) is 13.2 Å². The van der Waals surface area contributed by atoms with E-state index in [1.807, 2.05) is 4.72 Å². The largest absolute Gasteiger partial charge is 0.449 e. The van der Waals surface area contributed by atoms with Crippen LogP contribution in [-0.4, -0.2) is 43.3 Å². The summed E-state index contributed by atoms with van der Waals surface area (Å²) >= 11 is 3.33. The van der Waals surface area contributed by atoms with Crippen LogP contribution >= 0.6 is 15.9 Å². The number of ether oxygens (including phenoxy) is 1. The van der Waals surface area contributed by atoms with Crippen molar-refractivity contribution < 1.29 is 17.9 Å². The van der Waals surface area contributed by atoms with Gasteiger partial charge < -0.3 is 4.74 Å². The normalized spacial score (nSPS) is 22.2. The first-order chi connectivity index (χ1) is 8.51. The second kappa shape index (κ2) is 7.30. The van der Waals surface area contributed by atoms with Crippen molar-refractivity contribution in [1.29, 1.82) is 0 Å². The highest BCUT2D eigenvalue weighted by Gasteiger charge is 2.31. The smallest absolute Gasteiger partial charge is 0.421 e. The molecule has 8 heteroatoms. The number of alkyl halides is 1. The molecular formula is C10H19BrN2O4S. The van der Waals surface area contributed by atoms with E-state index in [1.54, 1.807) is 6.92 Å². The van der Waals surface area contributed by atoms with E-state index in [-0.39, 0.29) is 12.6 Å². The number of halogens is 1. The Bertz CT molecular complexity index is 374. The van der Waals surface area contributed by atoms with E-state index in [4.69, 9.17) is 0 Å². The Morgan fingerprint density at radius 2 is 2.17 bits per heavy atom. The molecule has 1 N–H and O–H groups in total. The van der Waals surface area contributed by atoms with Gasteiger partial charge in [0.25, 0.3) is 0 Å². The van der Waals surface area contributed by atoms with Crippen LogP contribution in [-0.2, 0) is 14.9 Å². The molecule has 0 aromatic rings. The molecule has 1 amide bonds. The van der Waals surface area contributed by atoms with Gasteiger partial charge in [-0.15, -0.1) is 0 Å². The first-order valence-electron chi connectivity index (χ1n) is 6.03. The van der Waals surface area contributed by atoms with Crippen LogP contribution in [0.15, 0.2) is 0 Å². The maximum absolute atomic E-state index is 12.1. The molecule has 0 radical (unpaired) electrons. The summed E-state index contributed by atoms with van der Waals surface area (Å²) in [5, 5.41) is 0.566. The molecule has 1 aliphatic rings. The van der Waals surface area contributed by atoms with Crippen molar-refractivity contribution in [3.05, 3.63) is 0 Å². The van der Waals surface area contributed by atoms with Gasteiger partial charge in [-0.2, -0.15) is 12.7 Å². The summed E-state index contributed by atoms with van der Waals surface area (Å²) in [6.07, 6.45) is 2.70. The highest BCUT2D eigenvalue weighted by molar-refractivity contribution is 9.09. The Morgan fingerprint density at radius 1 is 1.44 bits per heavy atom. The van der Waals surface area contributed by atoms with E-state index < -0.39 is 16.3 Å². The minimum absolute atomic E-state index is 0.112. The van der Waals surface area contributed by atoms with Crippen molar-refractivity contribution in [2.24, 2.45) is 0 Å². The molecule has 0 aromatic carbocycles. The predicted molar refractivity (Wildman–Crippen MR) is 71.8 cm³/mol. The molecule has 1 fully saturated rings. The highest BCUT2D eigenvalue weighted by Crippen LogP contribution is 2.20. The van der Waals surface area contributed by atoms with Crippen LogP contribution in [0.3, 0.4) is 0 Å². The van der Waals surface area contributed by atoms with E-state index in [2.05, 4.69) is 20.7 Å². The lowest BCUT2D eigenvalue weighted by molar-refractivity contribution is 0.157. The first-order valence-corrected chi connectivity index (χ1v) is 8.59. The second-order valence-corrected chi connectivity index (χ2v) is 6.37. The molecule has 1 heterocycles. The van der Waals surface area contributed by atoms with Gasteiger partial charge in [-0.25, -0.2) is 9.52 Å². The summed E-state index contributed by atoms with van der Waals surface area (Å²) < 4.78 is 32.1. The van der Waals surface area contributed by atoms with Crippen LogP contribution in [0.1, 0.15) is 32.6 Å². The highest BCUT2D eigenvalue weighted by atomic mass is 79.9. The van der Waals surface area contributed by atoms with Crippen LogP contribution in [0, 0.1) is 0 Å². The molecule has 1 unspecified atom stereocenters. The Balaban J connectivity index is 2.76. The number of carbonyl (C=O) groups excluding carboxylic acids is 1. The van der Waals surface area contributed by atoms with E-state index in [0.29, 0.717) is 11.9 Å².